The molecule has 7 aromatic carbocycles. The maximum atomic E-state index is 11.3. The van der Waals surface area contributed by atoms with Crippen molar-refractivity contribution >= 4 is 55.7 Å². The first kappa shape index (κ1) is 29.9. The second-order valence-electron chi connectivity index (χ2n) is 12.6. The van der Waals surface area contributed by atoms with Gasteiger partial charge in [-0.1, -0.05) is 103 Å². The summed E-state index contributed by atoms with van der Waals surface area (Å²) in [4.78, 5) is 14.5. The Labute approximate surface area is 294 Å². The van der Waals surface area contributed by atoms with E-state index in [0.29, 0.717) is 5.56 Å². The smallest absolute Gasteiger partial charge is 0.333 e. The zero-order valence-electron chi connectivity index (χ0n) is 27.4. The Morgan fingerprint density at radius 2 is 0.922 bits per heavy atom. The molecule has 0 aliphatic rings. The number of aliphatic carboxylic acids is 1. The van der Waals surface area contributed by atoms with Crippen LogP contribution in [0.25, 0.3) is 88.2 Å². The topological polar surface area (TPSA) is 51.5 Å². The van der Waals surface area contributed by atoms with Crippen molar-refractivity contribution in [3.63, 3.8) is 0 Å². The summed E-state index contributed by atoms with van der Waals surface area (Å²) in [6.45, 7) is 7.15. The molecule has 0 amide bonds. The highest BCUT2D eigenvalue weighted by atomic mass is 16.4. The van der Waals surface area contributed by atoms with Gasteiger partial charge in [0.1, 0.15) is 0 Å². The molecule has 0 radical (unpaired) electrons. The first-order valence-corrected chi connectivity index (χ1v) is 16.7. The fourth-order valence-electron chi connectivity index (χ4n) is 7.31. The SMILES string of the molecule is [C-]#[N+]/C(=C\c1ccc(-n2c3ccccc3c3cc(-c4ccc(-c5ccc6c(c5)c5ccccc5n6-c5ccccc5)cc4)ccc32)cc1)C(=O)O. The zero-order valence-corrected chi connectivity index (χ0v) is 27.4. The number of benzene rings is 7. The van der Waals surface area contributed by atoms with E-state index in [1.807, 2.05) is 30.3 Å². The monoisotopic (exact) mass is 655 g/mol. The Balaban J connectivity index is 1.08. The van der Waals surface area contributed by atoms with Crippen LogP contribution in [0.15, 0.2) is 169 Å². The number of carboxylic acid groups (broad SMARTS) is 1. The van der Waals surface area contributed by atoms with Crippen molar-refractivity contribution in [2.45, 2.75) is 0 Å². The average Bonchev–Trinajstić information content (AvgIpc) is 3.70. The van der Waals surface area contributed by atoms with Gasteiger partial charge in [-0.05, 0) is 94.6 Å². The molecule has 0 saturated carbocycles. The van der Waals surface area contributed by atoms with Gasteiger partial charge in [-0.25, -0.2) is 4.85 Å². The summed E-state index contributed by atoms with van der Waals surface area (Å²) in [7, 11) is 0. The molecule has 0 aliphatic carbocycles. The summed E-state index contributed by atoms with van der Waals surface area (Å²) in [5.41, 5.74) is 11.6. The van der Waals surface area contributed by atoms with Crippen molar-refractivity contribution < 1.29 is 9.90 Å². The molecule has 5 heteroatoms. The first-order valence-electron chi connectivity index (χ1n) is 16.7. The van der Waals surface area contributed by atoms with Crippen LogP contribution in [0.2, 0.25) is 0 Å². The molecule has 0 unspecified atom stereocenters. The third-order valence-electron chi connectivity index (χ3n) is 9.71. The number of para-hydroxylation sites is 3. The van der Waals surface area contributed by atoms with E-state index in [0.717, 1.165) is 44.3 Å². The molecule has 0 aliphatic heterocycles. The number of carbonyl (C=O) groups is 1. The number of rotatable bonds is 6. The van der Waals surface area contributed by atoms with Crippen LogP contribution in [-0.4, -0.2) is 20.2 Å². The van der Waals surface area contributed by atoms with Gasteiger partial charge < -0.3 is 14.2 Å². The zero-order chi connectivity index (χ0) is 34.5. The van der Waals surface area contributed by atoms with Crippen LogP contribution in [0.3, 0.4) is 0 Å². The standard InChI is InChI=1S/C46H29N3O2/c1-47-41(46(50)51)27-30-15-23-36(24-16-30)49-43-14-8-6-12-38(43)40-29-34(22-26-45(40)49)32-19-17-31(18-20-32)33-21-25-44-39(28-33)37-11-5-7-13-42(37)48(44)35-9-3-2-4-10-35/h2-29H,(H,50,51)/b41-27-. The fourth-order valence-corrected chi connectivity index (χ4v) is 7.31. The summed E-state index contributed by atoms with van der Waals surface area (Å²) in [5, 5.41) is 14.0. The van der Waals surface area contributed by atoms with Crippen LogP contribution in [0.4, 0.5) is 0 Å². The van der Waals surface area contributed by atoms with E-state index in [2.05, 4.69) is 147 Å². The van der Waals surface area contributed by atoms with Gasteiger partial charge in [-0.2, -0.15) is 0 Å². The van der Waals surface area contributed by atoms with E-state index < -0.39 is 5.97 Å². The first-order chi connectivity index (χ1) is 25.1. The minimum Gasteiger partial charge on any atom is -0.486 e. The maximum absolute atomic E-state index is 11.3. The van der Waals surface area contributed by atoms with Gasteiger partial charge >= 0.3 is 5.97 Å². The Kier molecular flexibility index (Phi) is 7.08. The molecule has 0 fully saturated rings. The number of fused-ring (bicyclic) bond motifs is 6. The Bertz CT molecular complexity index is 2870. The second kappa shape index (κ2) is 12.1. The maximum Gasteiger partial charge on any atom is 0.333 e. The molecule has 0 saturated heterocycles. The summed E-state index contributed by atoms with van der Waals surface area (Å²) in [6.07, 6.45) is 1.39. The van der Waals surface area contributed by atoms with Crippen molar-refractivity contribution in [2.75, 3.05) is 0 Å². The van der Waals surface area contributed by atoms with E-state index in [-0.39, 0.29) is 5.70 Å². The number of nitrogens with zero attached hydrogens (tertiary/aromatic N) is 3. The van der Waals surface area contributed by atoms with Crippen LogP contribution in [0.5, 0.6) is 0 Å². The van der Waals surface area contributed by atoms with E-state index >= 15 is 0 Å². The molecule has 9 rings (SSSR count). The minimum atomic E-state index is -1.23. The third-order valence-corrected chi connectivity index (χ3v) is 9.71. The van der Waals surface area contributed by atoms with Crippen LogP contribution in [0.1, 0.15) is 5.56 Å². The lowest BCUT2D eigenvalue weighted by Crippen LogP contribution is -1.96. The van der Waals surface area contributed by atoms with E-state index in [9.17, 15) is 9.90 Å². The summed E-state index contributed by atoms with van der Waals surface area (Å²) in [6, 6.07) is 57.3. The molecule has 0 spiro atoms. The lowest BCUT2D eigenvalue weighted by Gasteiger charge is -2.10. The predicted octanol–water partition coefficient (Wildman–Crippen LogP) is 11.6. The second-order valence-corrected chi connectivity index (χ2v) is 12.6. The molecular weight excluding hydrogens is 627 g/mol. The summed E-state index contributed by atoms with van der Waals surface area (Å²) < 4.78 is 4.56. The van der Waals surface area contributed by atoms with Crippen LogP contribution < -0.4 is 0 Å². The largest absolute Gasteiger partial charge is 0.486 e. The van der Waals surface area contributed by atoms with Crippen molar-refractivity contribution in [3.8, 4) is 33.6 Å². The van der Waals surface area contributed by atoms with Crippen molar-refractivity contribution in [1.29, 1.82) is 0 Å². The molecule has 0 bridgehead atoms. The molecular formula is C46H29N3O2. The normalized spacial score (nSPS) is 11.8. The molecule has 5 nitrogen and oxygen atoms in total. The number of hydrogen-bond acceptors (Lipinski definition) is 1. The van der Waals surface area contributed by atoms with E-state index in [4.69, 9.17) is 6.57 Å². The third kappa shape index (κ3) is 5.06. The van der Waals surface area contributed by atoms with Crippen molar-refractivity contribution in [1.82, 2.24) is 9.13 Å². The van der Waals surface area contributed by atoms with E-state index in [1.54, 1.807) is 0 Å². The lowest BCUT2D eigenvalue weighted by molar-refractivity contribution is -0.132. The Hall–Kier alpha value is -7.16. The van der Waals surface area contributed by atoms with E-state index in [1.165, 1.54) is 39.0 Å². The van der Waals surface area contributed by atoms with Gasteiger partial charge in [0.05, 0.1) is 28.6 Å². The van der Waals surface area contributed by atoms with Crippen LogP contribution in [-0.2, 0) is 4.79 Å². The van der Waals surface area contributed by atoms with Crippen LogP contribution >= 0.6 is 0 Å². The number of aromatic nitrogens is 2. The molecule has 1 N–H and O–H groups in total. The average molecular weight is 656 g/mol. The van der Waals surface area contributed by atoms with Crippen molar-refractivity contribution in [3.05, 3.63) is 186 Å². The van der Waals surface area contributed by atoms with Crippen LogP contribution in [0, 0.1) is 6.57 Å². The molecule has 240 valence electrons. The minimum absolute atomic E-state index is 0.312. The fraction of sp³-hybridized carbons (Fsp3) is 0. The highest BCUT2D eigenvalue weighted by molar-refractivity contribution is 6.11. The highest BCUT2D eigenvalue weighted by Gasteiger charge is 2.15. The number of hydrogen-bond donors (Lipinski definition) is 1. The summed E-state index contributed by atoms with van der Waals surface area (Å²) in [5.74, 6) is -1.23. The molecule has 2 heterocycles. The molecule has 0 atom stereocenters. The quantitative estimate of drug-likeness (QED) is 0.143. The van der Waals surface area contributed by atoms with Crippen molar-refractivity contribution in [2.24, 2.45) is 0 Å². The highest BCUT2D eigenvalue weighted by Crippen LogP contribution is 2.37. The Morgan fingerprint density at radius 3 is 1.41 bits per heavy atom. The van der Waals surface area contributed by atoms with Gasteiger partial charge in [0.25, 0.3) is 5.70 Å². The van der Waals surface area contributed by atoms with Gasteiger partial charge in [-0.15, -0.1) is 0 Å². The van der Waals surface area contributed by atoms with Gasteiger partial charge in [0, 0.05) is 32.9 Å². The number of carboxylic acids is 1. The lowest BCUT2D eigenvalue weighted by atomic mass is 9.98. The molecule has 51 heavy (non-hydrogen) atoms. The van der Waals surface area contributed by atoms with Gasteiger partial charge in [-0.3, -0.25) is 4.79 Å². The van der Waals surface area contributed by atoms with Gasteiger partial charge in [0.2, 0.25) is 0 Å². The molecule has 9 aromatic rings. The Morgan fingerprint density at radius 1 is 0.490 bits per heavy atom. The summed E-state index contributed by atoms with van der Waals surface area (Å²) >= 11 is 0. The van der Waals surface area contributed by atoms with Gasteiger partial charge in [0.15, 0.2) is 0 Å². The molecule has 2 aromatic heterocycles. The predicted molar refractivity (Wildman–Crippen MR) is 208 cm³/mol.